The van der Waals surface area contributed by atoms with Crippen molar-refractivity contribution in [3.05, 3.63) is 18.3 Å². The summed E-state index contributed by atoms with van der Waals surface area (Å²) in [6.45, 7) is 0. The van der Waals surface area contributed by atoms with Crippen molar-refractivity contribution in [2.75, 3.05) is 10.9 Å². The lowest BCUT2D eigenvalue weighted by Crippen LogP contribution is -2.19. The zero-order chi connectivity index (χ0) is 6.10. The van der Waals surface area contributed by atoms with Gasteiger partial charge in [-0.2, -0.15) is 0 Å². The smallest absolute Gasteiger partial charge is 0.166 e. The van der Waals surface area contributed by atoms with E-state index in [9.17, 15) is 0 Å². The molecule has 0 amide bonds. The highest BCUT2D eigenvalue weighted by atomic mass is 15.6. The number of hydrogen-bond donors (Lipinski definition) is 3. The first-order valence-electron chi connectivity index (χ1n) is 2.69. The van der Waals surface area contributed by atoms with Crippen LogP contribution in [0.5, 0.6) is 0 Å². The summed E-state index contributed by atoms with van der Waals surface area (Å²) in [5.74, 6) is 0.845. The average Bonchev–Trinajstić information content (AvgIpc) is 2.33. The fraction of sp³-hybridized carbons (Fsp3) is 0. The van der Waals surface area contributed by atoms with Crippen molar-refractivity contribution in [1.82, 2.24) is 10.5 Å². The SMILES string of the molecule is c1cnc2c(c1)NNN2. The number of fused-ring (bicyclic) bond motifs is 1. The van der Waals surface area contributed by atoms with Gasteiger partial charge in [0.15, 0.2) is 5.82 Å². The molecule has 0 aromatic carbocycles. The molecular formula is C5H6N4. The van der Waals surface area contributed by atoms with Crippen LogP contribution < -0.4 is 16.4 Å². The van der Waals surface area contributed by atoms with Crippen LogP contribution >= 0.6 is 0 Å². The highest BCUT2D eigenvalue weighted by Crippen LogP contribution is 2.18. The Bertz CT molecular complexity index is 199. The van der Waals surface area contributed by atoms with Crippen molar-refractivity contribution in [3.8, 4) is 0 Å². The van der Waals surface area contributed by atoms with Crippen LogP contribution in [0, 0.1) is 0 Å². The molecule has 0 radical (unpaired) electrons. The monoisotopic (exact) mass is 122 g/mol. The van der Waals surface area contributed by atoms with Crippen molar-refractivity contribution < 1.29 is 0 Å². The van der Waals surface area contributed by atoms with Crippen LogP contribution in [0.15, 0.2) is 18.3 Å². The molecule has 0 saturated heterocycles. The average molecular weight is 122 g/mol. The van der Waals surface area contributed by atoms with Crippen molar-refractivity contribution in [3.63, 3.8) is 0 Å². The third kappa shape index (κ3) is 0.603. The maximum absolute atomic E-state index is 4.02. The van der Waals surface area contributed by atoms with Gasteiger partial charge in [0.05, 0.1) is 5.69 Å². The second-order valence-electron chi connectivity index (χ2n) is 1.77. The molecule has 9 heavy (non-hydrogen) atoms. The summed E-state index contributed by atoms with van der Waals surface area (Å²) in [5.41, 5.74) is 9.41. The first-order valence-corrected chi connectivity index (χ1v) is 2.69. The second kappa shape index (κ2) is 1.60. The van der Waals surface area contributed by atoms with E-state index >= 15 is 0 Å². The number of hydrazine groups is 2. The van der Waals surface area contributed by atoms with Gasteiger partial charge in [0.25, 0.3) is 0 Å². The number of pyridine rings is 1. The quantitative estimate of drug-likeness (QED) is 0.464. The van der Waals surface area contributed by atoms with Crippen molar-refractivity contribution in [1.29, 1.82) is 0 Å². The van der Waals surface area contributed by atoms with Gasteiger partial charge in [-0.05, 0) is 12.1 Å². The zero-order valence-corrected chi connectivity index (χ0v) is 4.68. The van der Waals surface area contributed by atoms with E-state index in [0.717, 1.165) is 11.5 Å². The summed E-state index contributed by atoms with van der Waals surface area (Å²) >= 11 is 0. The highest BCUT2D eigenvalue weighted by molar-refractivity contribution is 5.66. The van der Waals surface area contributed by atoms with Gasteiger partial charge in [-0.25, -0.2) is 4.98 Å². The Hall–Kier alpha value is -1.29. The van der Waals surface area contributed by atoms with Gasteiger partial charge in [0, 0.05) is 6.20 Å². The second-order valence-corrected chi connectivity index (χ2v) is 1.77. The Morgan fingerprint density at radius 2 is 2.33 bits per heavy atom. The molecule has 1 aliphatic heterocycles. The fourth-order valence-corrected chi connectivity index (χ4v) is 0.764. The van der Waals surface area contributed by atoms with Gasteiger partial charge in [-0.3, -0.25) is 5.43 Å². The predicted molar refractivity (Wildman–Crippen MR) is 34.6 cm³/mol. The van der Waals surface area contributed by atoms with Crippen LogP contribution in [-0.2, 0) is 0 Å². The molecule has 4 heteroatoms. The lowest BCUT2D eigenvalue weighted by atomic mass is 10.4. The molecule has 2 heterocycles. The molecule has 2 rings (SSSR count). The Morgan fingerprint density at radius 3 is 3.22 bits per heavy atom. The summed E-state index contributed by atoms with van der Waals surface area (Å²) in [7, 11) is 0. The van der Waals surface area contributed by atoms with Gasteiger partial charge in [0.2, 0.25) is 0 Å². The minimum atomic E-state index is 0.845. The number of aromatic nitrogens is 1. The summed E-state index contributed by atoms with van der Waals surface area (Å²) in [4.78, 5) is 4.02. The van der Waals surface area contributed by atoms with E-state index in [0.29, 0.717) is 0 Å². The first kappa shape index (κ1) is 4.58. The molecule has 0 aliphatic carbocycles. The minimum Gasteiger partial charge on any atom is -0.300 e. The lowest BCUT2D eigenvalue weighted by molar-refractivity contribution is 0.999. The molecule has 3 N–H and O–H groups in total. The summed E-state index contributed by atoms with van der Waals surface area (Å²) in [6, 6.07) is 3.82. The largest absolute Gasteiger partial charge is 0.300 e. The number of rotatable bonds is 0. The zero-order valence-electron chi connectivity index (χ0n) is 4.68. The van der Waals surface area contributed by atoms with Crippen molar-refractivity contribution >= 4 is 11.5 Å². The maximum Gasteiger partial charge on any atom is 0.166 e. The number of hydrogen-bond acceptors (Lipinski definition) is 4. The van der Waals surface area contributed by atoms with E-state index in [-0.39, 0.29) is 0 Å². The van der Waals surface area contributed by atoms with Crippen LogP contribution in [-0.4, -0.2) is 4.98 Å². The van der Waals surface area contributed by atoms with Crippen molar-refractivity contribution in [2.24, 2.45) is 0 Å². The Balaban J connectivity index is 2.54. The molecule has 1 aliphatic rings. The van der Waals surface area contributed by atoms with E-state index in [1.54, 1.807) is 6.20 Å². The molecule has 0 saturated carbocycles. The molecule has 1 aromatic heterocycles. The highest BCUT2D eigenvalue weighted by Gasteiger charge is 2.05. The third-order valence-corrected chi connectivity index (χ3v) is 1.19. The summed E-state index contributed by atoms with van der Waals surface area (Å²) < 4.78 is 0. The molecule has 0 fully saturated rings. The Kier molecular flexibility index (Phi) is 0.811. The summed E-state index contributed by atoms with van der Waals surface area (Å²) in [6.07, 6.45) is 1.74. The van der Waals surface area contributed by atoms with Gasteiger partial charge in [-0.15, -0.1) is 5.53 Å². The van der Waals surface area contributed by atoms with Crippen LogP contribution in [0.1, 0.15) is 0 Å². The number of nitrogens with zero attached hydrogens (tertiary/aromatic N) is 1. The molecule has 0 bridgehead atoms. The van der Waals surface area contributed by atoms with E-state index < -0.39 is 0 Å². The molecule has 0 unspecified atom stereocenters. The number of nitrogens with one attached hydrogen (secondary N) is 3. The molecule has 0 atom stereocenters. The van der Waals surface area contributed by atoms with Gasteiger partial charge < -0.3 is 5.43 Å². The normalized spacial score (nSPS) is 13.8. The third-order valence-electron chi connectivity index (χ3n) is 1.19. The molecule has 0 spiro atoms. The fourth-order valence-electron chi connectivity index (χ4n) is 0.764. The number of anilines is 2. The van der Waals surface area contributed by atoms with E-state index in [1.165, 1.54) is 0 Å². The molecule has 4 nitrogen and oxygen atoms in total. The van der Waals surface area contributed by atoms with Crippen molar-refractivity contribution in [2.45, 2.75) is 0 Å². The molecule has 46 valence electrons. The Labute approximate surface area is 52.2 Å². The topological polar surface area (TPSA) is 49.0 Å². The van der Waals surface area contributed by atoms with Crippen LogP contribution in [0.3, 0.4) is 0 Å². The molecule has 1 aromatic rings. The van der Waals surface area contributed by atoms with Gasteiger partial charge in [0.1, 0.15) is 0 Å². The standard InChI is InChI=1S/C5H6N4/c1-2-4-5(6-3-1)8-9-7-4/h1-3,7,9H,(H,6,8). The van der Waals surface area contributed by atoms with E-state index in [4.69, 9.17) is 0 Å². The maximum atomic E-state index is 4.02. The Morgan fingerprint density at radius 1 is 1.33 bits per heavy atom. The van der Waals surface area contributed by atoms with Gasteiger partial charge >= 0.3 is 0 Å². The minimum absolute atomic E-state index is 0.845. The lowest BCUT2D eigenvalue weighted by Gasteiger charge is -1.90. The van der Waals surface area contributed by atoms with E-state index in [1.807, 2.05) is 12.1 Å². The first-order chi connectivity index (χ1) is 4.47. The van der Waals surface area contributed by atoms with Gasteiger partial charge in [-0.1, -0.05) is 0 Å². The molecular weight excluding hydrogens is 116 g/mol. The van der Waals surface area contributed by atoms with Crippen LogP contribution in [0.25, 0.3) is 0 Å². The van der Waals surface area contributed by atoms with Crippen LogP contribution in [0.2, 0.25) is 0 Å². The van der Waals surface area contributed by atoms with Crippen LogP contribution in [0.4, 0.5) is 11.5 Å². The predicted octanol–water partition coefficient (Wildman–Crippen LogP) is 0.339. The summed E-state index contributed by atoms with van der Waals surface area (Å²) in [5, 5.41) is 0. The van der Waals surface area contributed by atoms with E-state index in [2.05, 4.69) is 21.4 Å².